The number of methoxy groups -OCH3 is 1. The van der Waals surface area contributed by atoms with E-state index >= 15 is 0 Å². The number of aromatic nitrogens is 3. The first-order valence-electron chi connectivity index (χ1n) is 7.73. The van der Waals surface area contributed by atoms with Crippen molar-refractivity contribution in [1.82, 2.24) is 14.8 Å². The molecule has 3 aromatic rings. The molecular weight excluding hydrogens is 434 g/mol. The molecule has 0 aliphatic carbocycles. The predicted molar refractivity (Wildman–Crippen MR) is 109 cm³/mol. The minimum Gasteiger partial charge on any atom is -0.496 e. The van der Waals surface area contributed by atoms with Gasteiger partial charge < -0.3 is 4.74 Å². The van der Waals surface area contributed by atoms with Gasteiger partial charge in [0.15, 0.2) is 16.8 Å². The molecule has 2 heterocycles. The first kappa shape index (κ1) is 18.9. The van der Waals surface area contributed by atoms with Crippen molar-refractivity contribution in [1.29, 1.82) is 0 Å². The van der Waals surface area contributed by atoms with Crippen molar-refractivity contribution in [3.05, 3.63) is 57.7 Å². The summed E-state index contributed by atoms with van der Waals surface area (Å²) >= 11 is 6.18. The molecule has 1 aromatic carbocycles. The SMILES string of the molecule is C=CCn1c(SCC(=O)c2ccc(Br)s2)nnc1-c1ccccc1OC. The number of thiophene rings is 1. The van der Waals surface area contributed by atoms with Crippen LogP contribution >= 0.6 is 39.0 Å². The number of carbonyl (C=O) groups excluding carboxylic acids is 1. The molecule has 0 unspecified atom stereocenters. The van der Waals surface area contributed by atoms with Crippen LogP contribution in [0.3, 0.4) is 0 Å². The lowest BCUT2D eigenvalue weighted by Crippen LogP contribution is -2.04. The number of benzene rings is 1. The van der Waals surface area contributed by atoms with Crippen LogP contribution in [-0.2, 0) is 6.54 Å². The van der Waals surface area contributed by atoms with Crippen molar-refractivity contribution in [3.8, 4) is 17.1 Å². The number of carbonyl (C=O) groups is 1. The summed E-state index contributed by atoms with van der Waals surface area (Å²) in [6.07, 6.45) is 1.78. The van der Waals surface area contributed by atoms with Crippen LogP contribution in [0.15, 0.2) is 58.0 Å². The highest BCUT2D eigenvalue weighted by atomic mass is 79.9. The minimum absolute atomic E-state index is 0.0673. The average molecular weight is 450 g/mol. The number of ketones is 1. The molecule has 3 rings (SSSR count). The summed E-state index contributed by atoms with van der Waals surface area (Å²) in [5.74, 6) is 1.78. The first-order valence-corrected chi connectivity index (χ1v) is 10.3. The summed E-state index contributed by atoms with van der Waals surface area (Å²) in [4.78, 5) is 13.1. The van der Waals surface area contributed by atoms with Gasteiger partial charge >= 0.3 is 0 Å². The molecule has 2 aromatic heterocycles. The molecule has 0 radical (unpaired) electrons. The van der Waals surface area contributed by atoms with Gasteiger partial charge in [0.05, 0.1) is 27.1 Å². The molecular formula is C18H16BrN3O2S2. The third-order valence-corrected chi connectivity index (χ3v) is 6.19. The van der Waals surface area contributed by atoms with Crippen LogP contribution in [0.5, 0.6) is 5.75 Å². The molecule has 0 saturated heterocycles. The van der Waals surface area contributed by atoms with Crippen LogP contribution in [0.4, 0.5) is 0 Å². The maximum Gasteiger partial charge on any atom is 0.192 e. The van der Waals surface area contributed by atoms with Crippen molar-refractivity contribution in [2.24, 2.45) is 0 Å². The van der Waals surface area contributed by atoms with Crippen molar-refractivity contribution >= 4 is 44.8 Å². The second kappa shape index (κ2) is 8.66. The topological polar surface area (TPSA) is 57.0 Å². The fourth-order valence-corrected chi connectivity index (χ4v) is 4.63. The van der Waals surface area contributed by atoms with Gasteiger partial charge in [-0.1, -0.05) is 30.0 Å². The molecule has 0 bridgehead atoms. The van der Waals surface area contributed by atoms with Crippen LogP contribution in [0.25, 0.3) is 11.4 Å². The van der Waals surface area contributed by atoms with Gasteiger partial charge in [-0.25, -0.2) is 0 Å². The average Bonchev–Trinajstić information content (AvgIpc) is 3.26. The normalized spacial score (nSPS) is 10.7. The molecule has 0 amide bonds. The third-order valence-electron chi connectivity index (χ3n) is 3.56. The Kier molecular flexibility index (Phi) is 6.29. The summed E-state index contributed by atoms with van der Waals surface area (Å²) in [5.41, 5.74) is 0.852. The highest BCUT2D eigenvalue weighted by molar-refractivity contribution is 9.11. The minimum atomic E-state index is 0.0673. The quantitative estimate of drug-likeness (QED) is 0.277. The maximum absolute atomic E-state index is 12.3. The molecule has 0 atom stereocenters. The van der Waals surface area contributed by atoms with E-state index in [4.69, 9.17) is 4.74 Å². The Labute approximate surface area is 168 Å². The van der Waals surface area contributed by atoms with Gasteiger partial charge in [-0.15, -0.1) is 28.1 Å². The summed E-state index contributed by atoms with van der Waals surface area (Å²) in [7, 11) is 1.63. The number of hydrogen-bond acceptors (Lipinski definition) is 6. The van der Waals surface area contributed by atoms with E-state index in [-0.39, 0.29) is 5.78 Å². The molecule has 0 N–H and O–H groups in total. The molecule has 5 nitrogen and oxygen atoms in total. The number of Topliss-reactive ketones (excluding diaryl/α,β-unsaturated/α-hetero) is 1. The largest absolute Gasteiger partial charge is 0.496 e. The Bertz CT molecular complexity index is 936. The lowest BCUT2D eigenvalue weighted by Gasteiger charge is -2.10. The zero-order valence-electron chi connectivity index (χ0n) is 14.0. The van der Waals surface area contributed by atoms with Crippen LogP contribution in [0.2, 0.25) is 0 Å². The lowest BCUT2D eigenvalue weighted by molar-refractivity contribution is 0.102. The number of thioether (sulfide) groups is 1. The van der Waals surface area contributed by atoms with E-state index in [0.717, 1.165) is 20.0 Å². The van der Waals surface area contributed by atoms with Gasteiger partial charge in [-0.3, -0.25) is 9.36 Å². The van der Waals surface area contributed by atoms with Crippen LogP contribution in [0, 0.1) is 0 Å². The smallest absolute Gasteiger partial charge is 0.192 e. The van der Waals surface area contributed by atoms with Crippen LogP contribution in [-0.4, -0.2) is 33.4 Å². The van der Waals surface area contributed by atoms with Gasteiger partial charge in [0.2, 0.25) is 0 Å². The van der Waals surface area contributed by atoms with Crippen LogP contribution < -0.4 is 4.74 Å². The van der Waals surface area contributed by atoms with E-state index in [0.29, 0.717) is 23.3 Å². The third kappa shape index (κ3) is 4.08. The highest BCUT2D eigenvalue weighted by Gasteiger charge is 2.18. The molecule has 0 aliphatic rings. The zero-order chi connectivity index (χ0) is 18.5. The number of ether oxygens (including phenoxy) is 1. The Hall–Kier alpha value is -1.90. The second-order valence-electron chi connectivity index (χ2n) is 5.22. The maximum atomic E-state index is 12.3. The summed E-state index contributed by atoms with van der Waals surface area (Å²) in [5, 5.41) is 9.26. The van der Waals surface area contributed by atoms with E-state index in [1.807, 2.05) is 41.0 Å². The number of para-hydroxylation sites is 1. The number of rotatable bonds is 8. The standard InChI is InChI=1S/C18H16BrN3O2S2/c1-3-10-22-17(12-6-4-5-7-14(12)24-2)20-21-18(22)25-11-13(23)15-8-9-16(19)26-15/h3-9H,1,10-11H2,2H3. The van der Waals surface area contributed by atoms with Gasteiger partial charge in [0, 0.05) is 6.54 Å². The van der Waals surface area contributed by atoms with E-state index in [2.05, 4.69) is 32.7 Å². The lowest BCUT2D eigenvalue weighted by atomic mass is 10.2. The molecule has 134 valence electrons. The van der Waals surface area contributed by atoms with Gasteiger partial charge in [0.1, 0.15) is 5.75 Å². The number of allylic oxidation sites excluding steroid dienone is 1. The molecule has 8 heteroatoms. The Morgan fingerprint density at radius 2 is 2.15 bits per heavy atom. The summed E-state index contributed by atoms with van der Waals surface area (Å²) < 4.78 is 8.31. The van der Waals surface area contributed by atoms with Gasteiger partial charge in [-0.2, -0.15) is 0 Å². The first-order chi connectivity index (χ1) is 12.6. The van der Waals surface area contributed by atoms with E-state index < -0.39 is 0 Å². The molecule has 26 heavy (non-hydrogen) atoms. The number of halogens is 1. The molecule has 0 saturated carbocycles. The van der Waals surface area contributed by atoms with E-state index in [1.165, 1.54) is 23.1 Å². The van der Waals surface area contributed by atoms with E-state index in [9.17, 15) is 4.79 Å². The fraction of sp³-hybridized carbons (Fsp3) is 0.167. The predicted octanol–water partition coefficient (Wildman–Crippen LogP) is 4.94. The highest BCUT2D eigenvalue weighted by Crippen LogP contribution is 2.31. The number of nitrogens with zero attached hydrogens (tertiary/aromatic N) is 3. The van der Waals surface area contributed by atoms with Crippen molar-refractivity contribution < 1.29 is 9.53 Å². The van der Waals surface area contributed by atoms with Gasteiger partial charge in [0.25, 0.3) is 0 Å². The molecule has 0 spiro atoms. The fourth-order valence-electron chi connectivity index (χ4n) is 2.38. The summed E-state index contributed by atoms with van der Waals surface area (Å²) in [6, 6.07) is 11.4. The monoisotopic (exact) mass is 449 g/mol. The zero-order valence-corrected chi connectivity index (χ0v) is 17.2. The molecule has 0 fully saturated rings. The Morgan fingerprint density at radius 3 is 2.85 bits per heavy atom. The van der Waals surface area contributed by atoms with Crippen molar-refractivity contribution in [3.63, 3.8) is 0 Å². The Balaban J connectivity index is 1.85. The summed E-state index contributed by atoms with van der Waals surface area (Å²) in [6.45, 7) is 4.36. The van der Waals surface area contributed by atoms with E-state index in [1.54, 1.807) is 13.2 Å². The second-order valence-corrected chi connectivity index (χ2v) is 8.63. The number of hydrogen-bond donors (Lipinski definition) is 0. The van der Waals surface area contributed by atoms with Crippen molar-refractivity contribution in [2.45, 2.75) is 11.7 Å². The van der Waals surface area contributed by atoms with Crippen molar-refractivity contribution in [2.75, 3.05) is 12.9 Å². The van der Waals surface area contributed by atoms with Gasteiger partial charge in [-0.05, 0) is 40.2 Å². The van der Waals surface area contributed by atoms with Crippen LogP contribution in [0.1, 0.15) is 9.67 Å². The Morgan fingerprint density at radius 1 is 1.35 bits per heavy atom. The molecule has 0 aliphatic heterocycles.